The highest BCUT2D eigenvalue weighted by Crippen LogP contribution is 2.39. The van der Waals surface area contributed by atoms with Gasteiger partial charge < -0.3 is 9.67 Å². The lowest BCUT2D eigenvalue weighted by Crippen LogP contribution is -2.09. The number of nitrogens with zero attached hydrogens (tertiary/aromatic N) is 2. The Labute approximate surface area is 136 Å². The van der Waals surface area contributed by atoms with Gasteiger partial charge in [-0.3, -0.25) is 4.79 Å². The number of halogens is 1. The zero-order valence-corrected chi connectivity index (χ0v) is 14.2. The third-order valence-electron chi connectivity index (χ3n) is 3.76. The minimum atomic E-state index is -0.811. The summed E-state index contributed by atoms with van der Waals surface area (Å²) in [5.41, 5.74) is 2.00. The first kappa shape index (κ1) is 14.9. The molecule has 1 heterocycles. The number of aromatic nitrogens is 2. The molecule has 1 aromatic heterocycles. The Balaban J connectivity index is 1.99. The molecule has 0 bridgehead atoms. The number of hydrogen-bond donors (Lipinski definition) is 1. The van der Waals surface area contributed by atoms with Crippen LogP contribution in [0.15, 0.2) is 27.8 Å². The first-order chi connectivity index (χ1) is 10.0. The number of benzene rings is 1. The summed E-state index contributed by atoms with van der Waals surface area (Å²) in [5, 5.41) is 9.72. The van der Waals surface area contributed by atoms with Crippen LogP contribution in [-0.2, 0) is 4.79 Å². The third-order valence-corrected chi connectivity index (χ3v) is 5.19. The highest BCUT2D eigenvalue weighted by Gasteiger charge is 2.26. The van der Waals surface area contributed by atoms with Crippen LogP contribution in [0.3, 0.4) is 0 Å². The van der Waals surface area contributed by atoms with Crippen molar-refractivity contribution in [3.05, 3.63) is 22.7 Å². The average molecular weight is 369 g/mol. The highest BCUT2D eigenvalue weighted by molar-refractivity contribution is 9.10. The molecule has 1 aliphatic carbocycles. The third kappa shape index (κ3) is 3.43. The fraction of sp³-hybridized carbons (Fsp3) is 0.467. The highest BCUT2D eigenvalue weighted by atomic mass is 79.9. The molecular weight excluding hydrogens is 352 g/mol. The van der Waals surface area contributed by atoms with E-state index in [4.69, 9.17) is 5.11 Å². The number of imidazole rings is 1. The molecule has 1 aliphatic rings. The van der Waals surface area contributed by atoms with Crippen molar-refractivity contribution in [1.82, 2.24) is 9.55 Å². The molecule has 0 amide bonds. The fourth-order valence-electron chi connectivity index (χ4n) is 2.64. The molecule has 3 rings (SSSR count). The Kier molecular flexibility index (Phi) is 4.26. The second kappa shape index (κ2) is 6.01. The van der Waals surface area contributed by atoms with Crippen LogP contribution >= 0.6 is 27.7 Å². The molecule has 4 nitrogen and oxygen atoms in total. The quantitative estimate of drug-likeness (QED) is 0.770. The van der Waals surface area contributed by atoms with Gasteiger partial charge >= 0.3 is 5.97 Å². The van der Waals surface area contributed by atoms with E-state index < -0.39 is 5.97 Å². The van der Waals surface area contributed by atoms with Gasteiger partial charge in [0, 0.05) is 10.5 Å². The van der Waals surface area contributed by atoms with E-state index in [1.54, 1.807) is 0 Å². The van der Waals surface area contributed by atoms with Gasteiger partial charge in [0.15, 0.2) is 5.16 Å². The monoisotopic (exact) mass is 368 g/mol. The van der Waals surface area contributed by atoms with Gasteiger partial charge in [-0.05, 0) is 37.5 Å². The molecule has 0 aliphatic heterocycles. The van der Waals surface area contributed by atoms with Crippen LogP contribution in [0.4, 0.5) is 0 Å². The summed E-state index contributed by atoms with van der Waals surface area (Å²) >= 11 is 4.81. The second-order valence-corrected chi connectivity index (χ2v) is 7.47. The molecule has 1 aromatic carbocycles. The van der Waals surface area contributed by atoms with E-state index in [-0.39, 0.29) is 5.75 Å². The lowest BCUT2D eigenvalue weighted by Gasteiger charge is -2.17. The lowest BCUT2D eigenvalue weighted by molar-refractivity contribution is -0.133. The van der Waals surface area contributed by atoms with Crippen LogP contribution in [0.25, 0.3) is 11.0 Å². The van der Waals surface area contributed by atoms with Gasteiger partial charge in [-0.1, -0.05) is 40.5 Å². The molecule has 21 heavy (non-hydrogen) atoms. The SMILES string of the molecule is CC(CC1CC1)n1c(SCC(=O)O)nc2ccc(Br)cc21. The Morgan fingerprint density at radius 3 is 3.00 bits per heavy atom. The van der Waals surface area contributed by atoms with E-state index in [0.29, 0.717) is 6.04 Å². The van der Waals surface area contributed by atoms with E-state index in [0.717, 1.165) is 33.0 Å². The van der Waals surface area contributed by atoms with E-state index in [1.807, 2.05) is 12.1 Å². The summed E-state index contributed by atoms with van der Waals surface area (Å²) < 4.78 is 3.22. The van der Waals surface area contributed by atoms with E-state index in [9.17, 15) is 4.79 Å². The predicted molar refractivity (Wildman–Crippen MR) is 87.8 cm³/mol. The smallest absolute Gasteiger partial charge is 0.313 e. The average Bonchev–Trinajstić information content (AvgIpc) is 3.15. The number of fused-ring (bicyclic) bond motifs is 1. The molecule has 1 saturated carbocycles. The maximum atomic E-state index is 10.8. The van der Waals surface area contributed by atoms with Gasteiger partial charge in [0.1, 0.15) is 0 Å². The predicted octanol–water partition coefficient (Wildman–Crippen LogP) is 4.34. The van der Waals surface area contributed by atoms with Crippen molar-refractivity contribution in [2.45, 2.75) is 37.4 Å². The zero-order chi connectivity index (χ0) is 15.0. The molecular formula is C15H17BrN2O2S. The summed E-state index contributed by atoms with van der Waals surface area (Å²) in [6.45, 7) is 2.20. The fourth-order valence-corrected chi connectivity index (χ4v) is 3.82. The molecule has 2 aromatic rings. The molecule has 0 saturated heterocycles. The largest absolute Gasteiger partial charge is 0.481 e. The van der Waals surface area contributed by atoms with Gasteiger partial charge in [-0.2, -0.15) is 0 Å². The van der Waals surface area contributed by atoms with Crippen LogP contribution < -0.4 is 0 Å². The minimum absolute atomic E-state index is 0.0423. The molecule has 1 atom stereocenters. The molecule has 1 N–H and O–H groups in total. The zero-order valence-electron chi connectivity index (χ0n) is 11.8. The number of hydrogen-bond acceptors (Lipinski definition) is 3. The normalized spacial score (nSPS) is 16.3. The maximum absolute atomic E-state index is 10.8. The summed E-state index contributed by atoms with van der Waals surface area (Å²) in [6.07, 6.45) is 3.77. The number of carboxylic acid groups (broad SMARTS) is 1. The molecule has 1 unspecified atom stereocenters. The van der Waals surface area contributed by atoms with Gasteiger partial charge in [-0.25, -0.2) is 4.98 Å². The van der Waals surface area contributed by atoms with Gasteiger partial charge in [0.05, 0.1) is 16.8 Å². The number of thioether (sulfide) groups is 1. The molecule has 0 spiro atoms. The van der Waals surface area contributed by atoms with Crippen molar-refractivity contribution in [2.24, 2.45) is 5.92 Å². The Morgan fingerprint density at radius 1 is 1.57 bits per heavy atom. The van der Waals surface area contributed by atoms with Crippen molar-refractivity contribution >= 4 is 44.7 Å². The van der Waals surface area contributed by atoms with E-state index in [1.165, 1.54) is 24.6 Å². The Hall–Kier alpha value is -1.01. The van der Waals surface area contributed by atoms with Crippen LogP contribution in [0.2, 0.25) is 0 Å². The van der Waals surface area contributed by atoms with Crippen molar-refractivity contribution < 1.29 is 9.90 Å². The number of carboxylic acids is 1. The summed E-state index contributed by atoms with van der Waals surface area (Å²) in [7, 11) is 0. The van der Waals surface area contributed by atoms with Crippen molar-refractivity contribution in [3.8, 4) is 0 Å². The molecule has 112 valence electrons. The van der Waals surface area contributed by atoms with Gasteiger partial charge in [0.25, 0.3) is 0 Å². The van der Waals surface area contributed by atoms with Gasteiger partial charge in [-0.15, -0.1) is 0 Å². The molecule has 0 radical (unpaired) electrons. The standard InChI is InChI=1S/C15H17BrN2O2S/c1-9(6-10-2-3-10)18-13-7-11(16)4-5-12(13)17-15(18)21-8-14(19)20/h4-5,7,9-10H,2-3,6,8H2,1H3,(H,19,20). The van der Waals surface area contributed by atoms with Crippen LogP contribution in [-0.4, -0.2) is 26.4 Å². The molecule has 1 fully saturated rings. The van der Waals surface area contributed by atoms with Crippen molar-refractivity contribution in [1.29, 1.82) is 0 Å². The maximum Gasteiger partial charge on any atom is 0.313 e. The van der Waals surface area contributed by atoms with Crippen molar-refractivity contribution in [2.75, 3.05) is 5.75 Å². The minimum Gasteiger partial charge on any atom is -0.481 e. The lowest BCUT2D eigenvalue weighted by atomic mass is 10.1. The van der Waals surface area contributed by atoms with Crippen LogP contribution in [0.5, 0.6) is 0 Å². The summed E-state index contributed by atoms with van der Waals surface area (Å²) in [6, 6.07) is 6.35. The molecule has 6 heteroatoms. The number of carbonyl (C=O) groups is 1. The summed E-state index contributed by atoms with van der Waals surface area (Å²) in [4.78, 5) is 15.5. The van der Waals surface area contributed by atoms with E-state index >= 15 is 0 Å². The first-order valence-corrected chi connectivity index (χ1v) is 8.84. The van der Waals surface area contributed by atoms with E-state index in [2.05, 4.69) is 38.5 Å². The number of rotatable bonds is 6. The Bertz CT molecular complexity index is 682. The van der Waals surface area contributed by atoms with Gasteiger partial charge in [0.2, 0.25) is 0 Å². The Morgan fingerprint density at radius 2 is 2.33 bits per heavy atom. The second-order valence-electron chi connectivity index (χ2n) is 5.61. The topological polar surface area (TPSA) is 55.1 Å². The number of aliphatic carboxylic acids is 1. The van der Waals surface area contributed by atoms with Crippen LogP contribution in [0.1, 0.15) is 32.2 Å². The van der Waals surface area contributed by atoms with Crippen LogP contribution in [0, 0.1) is 5.92 Å². The summed E-state index contributed by atoms with van der Waals surface area (Å²) in [5.74, 6) is 0.0530. The first-order valence-electron chi connectivity index (χ1n) is 7.06. The van der Waals surface area contributed by atoms with Crippen molar-refractivity contribution in [3.63, 3.8) is 0 Å².